The highest BCUT2D eigenvalue weighted by Crippen LogP contribution is 2.26. The predicted octanol–water partition coefficient (Wildman–Crippen LogP) is 3.20. The van der Waals surface area contributed by atoms with Gasteiger partial charge in [0.1, 0.15) is 6.61 Å². The molecule has 0 saturated heterocycles. The molecule has 1 amide bonds. The fraction of sp³-hybridized carbons (Fsp3) is 0.176. The van der Waals surface area contributed by atoms with Gasteiger partial charge in [0.2, 0.25) is 0 Å². The highest BCUT2D eigenvalue weighted by atomic mass is 16.5. The van der Waals surface area contributed by atoms with Crippen LogP contribution in [-0.4, -0.2) is 31.3 Å². The van der Waals surface area contributed by atoms with Gasteiger partial charge in [-0.05, 0) is 23.8 Å². The number of amides is 1. The summed E-state index contributed by atoms with van der Waals surface area (Å²) in [5.41, 5.74) is 2.10. The van der Waals surface area contributed by atoms with Crippen LogP contribution >= 0.6 is 0 Å². The molecule has 0 heterocycles. The number of carbonyl (C=O) groups excluding carboxylic acids is 1. The fourth-order valence-corrected chi connectivity index (χ4v) is 2.01. The molecule has 0 aliphatic carbocycles. The highest BCUT2D eigenvalue weighted by Gasteiger charge is 2.13. The molecule has 23 heavy (non-hydrogen) atoms. The predicted molar refractivity (Wildman–Crippen MR) is 88.0 cm³/mol. The number of carboxylic acid groups (broad SMARTS) is 1. The number of anilines is 2. The quantitative estimate of drug-likeness (QED) is 0.886. The van der Waals surface area contributed by atoms with E-state index in [1.807, 2.05) is 30.3 Å². The second-order valence-electron chi connectivity index (χ2n) is 5.12. The molecule has 2 rings (SSSR count). The molecule has 6 heteroatoms. The van der Waals surface area contributed by atoms with E-state index < -0.39 is 12.1 Å². The Labute approximate surface area is 134 Å². The average Bonchev–Trinajstić information content (AvgIpc) is 2.54. The van der Waals surface area contributed by atoms with Crippen LogP contribution in [0, 0.1) is 0 Å². The Kier molecular flexibility index (Phi) is 5.19. The van der Waals surface area contributed by atoms with Gasteiger partial charge < -0.3 is 14.7 Å². The molecule has 0 fully saturated rings. The van der Waals surface area contributed by atoms with E-state index in [-0.39, 0.29) is 12.2 Å². The average molecular weight is 314 g/mol. The van der Waals surface area contributed by atoms with Crippen LogP contribution in [0.2, 0.25) is 0 Å². The smallest absolute Gasteiger partial charge is 0.412 e. The summed E-state index contributed by atoms with van der Waals surface area (Å²) in [6, 6.07) is 13.8. The third-order valence-corrected chi connectivity index (χ3v) is 3.18. The first-order valence-electron chi connectivity index (χ1n) is 6.99. The molecule has 0 aromatic heterocycles. The van der Waals surface area contributed by atoms with E-state index in [2.05, 4.69) is 5.32 Å². The minimum Gasteiger partial charge on any atom is -0.478 e. The zero-order valence-electron chi connectivity index (χ0n) is 12.9. The summed E-state index contributed by atoms with van der Waals surface area (Å²) in [4.78, 5) is 24.7. The minimum absolute atomic E-state index is 0.150. The number of rotatable bonds is 5. The molecule has 0 unspecified atom stereocenters. The lowest BCUT2D eigenvalue weighted by atomic mass is 10.1. The second-order valence-corrected chi connectivity index (χ2v) is 5.12. The maximum absolute atomic E-state index is 11.9. The van der Waals surface area contributed by atoms with Gasteiger partial charge in [-0.15, -0.1) is 0 Å². The second kappa shape index (κ2) is 7.31. The molecule has 0 atom stereocenters. The number of nitrogens with zero attached hydrogens (tertiary/aromatic N) is 1. The number of hydrogen-bond acceptors (Lipinski definition) is 4. The topological polar surface area (TPSA) is 78.9 Å². The van der Waals surface area contributed by atoms with Crippen LogP contribution in [0.5, 0.6) is 0 Å². The van der Waals surface area contributed by atoms with Crippen molar-refractivity contribution in [2.75, 3.05) is 24.3 Å². The molecule has 2 N–H and O–H groups in total. The van der Waals surface area contributed by atoms with Gasteiger partial charge in [-0.1, -0.05) is 30.3 Å². The normalized spacial score (nSPS) is 10.0. The highest BCUT2D eigenvalue weighted by molar-refractivity contribution is 5.94. The third kappa shape index (κ3) is 4.47. The molecule has 0 saturated carbocycles. The van der Waals surface area contributed by atoms with Crippen molar-refractivity contribution < 1.29 is 19.4 Å². The van der Waals surface area contributed by atoms with Crippen molar-refractivity contribution in [1.29, 1.82) is 0 Å². The molecule has 120 valence electrons. The van der Waals surface area contributed by atoms with Crippen LogP contribution in [0.1, 0.15) is 15.9 Å². The summed E-state index contributed by atoms with van der Waals surface area (Å²) < 4.78 is 5.16. The summed E-state index contributed by atoms with van der Waals surface area (Å²) in [5, 5.41) is 11.7. The first-order valence-corrected chi connectivity index (χ1v) is 6.99. The standard InChI is InChI=1S/C17H18N2O4/c1-19(2)15-10-13(16(20)21)8-9-14(15)18-17(22)23-11-12-6-4-3-5-7-12/h3-10H,11H2,1-2H3,(H,18,22)(H,20,21). The molecular formula is C17H18N2O4. The van der Waals surface area contributed by atoms with E-state index in [1.165, 1.54) is 12.1 Å². The minimum atomic E-state index is -1.02. The van der Waals surface area contributed by atoms with Crippen molar-refractivity contribution in [3.05, 3.63) is 59.7 Å². The lowest BCUT2D eigenvalue weighted by molar-refractivity contribution is 0.0697. The largest absolute Gasteiger partial charge is 0.478 e. The maximum Gasteiger partial charge on any atom is 0.412 e. The Morgan fingerprint density at radius 1 is 1.13 bits per heavy atom. The van der Waals surface area contributed by atoms with Gasteiger partial charge in [-0.3, -0.25) is 5.32 Å². The third-order valence-electron chi connectivity index (χ3n) is 3.18. The molecule has 0 aliphatic heterocycles. The van der Waals surface area contributed by atoms with Gasteiger partial charge in [-0.25, -0.2) is 9.59 Å². The number of hydrogen-bond donors (Lipinski definition) is 2. The van der Waals surface area contributed by atoms with E-state index in [4.69, 9.17) is 9.84 Å². The number of benzene rings is 2. The first-order chi connectivity index (χ1) is 11.0. The number of carboxylic acids is 1. The van der Waals surface area contributed by atoms with Crippen LogP contribution in [0.25, 0.3) is 0 Å². The zero-order valence-corrected chi connectivity index (χ0v) is 12.9. The molecule has 6 nitrogen and oxygen atoms in total. The van der Waals surface area contributed by atoms with Crippen molar-refractivity contribution in [2.24, 2.45) is 0 Å². The van der Waals surface area contributed by atoms with E-state index in [0.29, 0.717) is 11.4 Å². The summed E-state index contributed by atoms with van der Waals surface area (Å²) in [5.74, 6) is -1.02. The van der Waals surface area contributed by atoms with Crippen LogP contribution in [0.4, 0.5) is 16.2 Å². The van der Waals surface area contributed by atoms with Gasteiger partial charge in [0.25, 0.3) is 0 Å². The van der Waals surface area contributed by atoms with Crippen LogP contribution < -0.4 is 10.2 Å². The van der Waals surface area contributed by atoms with Gasteiger partial charge >= 0.3 is 12.1 Å². The van der Waals surface area contributed by atoms with Gasteiger partial charge in [0.15, 0.2) is 0 Å². The first kappa shape index (κ1) is 16.4. The molecule has 0 bridgehead atoms. The maximum atomic E-state index is 11.9. The molecule has 0 aliphatic rings. The lowest BCUT2D eigenvalue weighted by Gasteiger charge is -2.18. The molecular weight excluding hydrogens is 296 g/mol. The van der Waals surface area contributed by atoms with Gasteiger partial charge in [-0.2, -0.15) is 0 Å². The van der Waals surface area contributed by atoms with Crippen LogP contribution in [0.3, 0.4) is 0 Å². The van der Waals surface area contributed by atoms with E-state index >= 15 is 0 Å². The van der Waals surface area contributed by atoms with Gasteiger partial charge in [0.05, 0.1) is 16.9 Å². The van der Waals surface area contributed by atoms with Crippen molar-refractivity contribution in [2.45, 2.75) is 6.61 Å². The van der Waals surface area contributed by atoms with Crippen molar-refractivity contribution in [3.63, 3.8) is 0 Å². The summed E-state index contributed by atoms with van der Waals surface area (Å²) in [6.45, 7) is 0.164. The van der Waals surface area contributed by atoms with Crippen molar-refractivity contribution >= 4 is 23.4 Å². The molecule has 2 aromatic carbocycles. The lowest BCUT2D eigenvalue weighted by Crippen LogP contribution is -2.18. The van der Waals surface area contributed by atoms with Crippen molar-refractivity contribution in [3.8, 4) is 0 Å². The Balaban J connectivity index is 2.06. The summed E-state index contributed by atoms with van der Waals surface area (Å²) >= 11 is 0. The van der Waals surface area contributed by atoms with Crippen LogP contribution in [0.15, 0.2) is 48.5 Å². The molecule has 0 radical (unpaired) electrons. The zero-order chi connectivity index (χ0) is 16.8. The molecule has 0 spiro atoms. The SMILES string of the molecule is CN(C)c1cc(C(=O)O)ccc1NC(=O)OCc1ccccc1. The Morgan fingerprint density at radius 3 is 2.43 bits per heavy atom. The van der Waals surface area contributed by atoms with Crippen molar-refractivity contribution in [1.82, 2.24) is 0 Å². The number of carbonyl (C=O) groups is 2. The fourth-order valence-electron chi connectivity index (χ4n) is 2.01. The Bertz CT molecular complexity index is 699. The number of nitrogens with one attached hydrogen (secondary N) is 1. The monoisotopic (exact) mass is 314 g/mol. The van der Waals surface area contributed by atoms with Crippen LogP contribution in [-0.2, 0) is 11.3 Å². The number of ether oxygens (including phenoxy) is 1. The van der Waals surface area contributed by atoms with E-state index in [0.717, 1.165) is 5.56 Å². The molecule has 2 aromatic rings. The van der Waals surface area contributed by atoms with E-state index in [1.54, 1.807) is 25.1 Å². The Hall–Kier alpha value is -3.02. The Morgan fingerprint density at radius 2 is 1.83 bits per heavy atom. The van der Waals surface area contributed by atoms with E-state index in [9.17, 15) is 9.59 Å². The summed E-state index contributed by atoms with van der Waals surface area (Å²) in [6.07, 6.45) is -0.597. The number of aromatic carboxylic acids is 1. The summed E-state index contributed by atoms with van der Waals surface area (Å²) in [7, 11) is 3.53. The van der Waals surface area contributed by atoms with Gasteiger partial charge in [0, 0.05) is 14.1 Å².